The third-order valence-electron chi connectivity index (χ3n) is 3.88. The van der Waals surface area contributed by atoms with Crippen LogP contribution in [0.5, 0.6) is 11.5 Å². The molecule has 0 aliphatic carbocycles. The van der Waals surface area contributed by atoms with Crippen molar-refractivity contribution in [3.05, 3.63) is 54.2 Å². The van der Waals surface area contributed by atoms with E-state index in [1.54, 1.807) is 26.4 Å². The summed E-state index contributed by atoms with van der Waals surface area (Å²) in [5, 5.41) is 12.9. The largest absolute Gasteiger partial charge is 0.497 e. The first-order chi connectivity index (χ1) is 12.6. The molecule has 3 N–H and O–H groups in total. The number of hydrogen-bond donors (Lipinski definition) is 3. The number of aromatic amines is 1. The molecule has 0 saturated heterocycles. The molecule has 0 aliphatic rings. The summed E-state index contributed by atoms with van der Waals surface area (Å²) in [7, 11) is 3.16. The van der Waals surface area contributed by atoms with Crippen molar-refractivity contribution in [2.75, 3.05) is 24.9 Å². The Kier molecular flexibility index (Phi) is 5.07. The maximum Gasteiger partial charge on any atom is 0.323 e. The molecule has 0 bridgehead atoms. The molecule has 3 rings (SSSR count). The van der Waals surface area contributed by atoms with Gasteiger partial charge in [0.1, 0.15) is 17.2 Å². The molecular weight excluding hydrogens is 332 g/mol. The lowest BCUT2D eigenvalue weighted by Crippen LogP contribution is -2.20. The highest BCUT2D eigenvalue weighted by atomic mass is 16.5. The minimum absolute atomic E-state index is 0.386. The third kappa shape index (κ3) is 3.61. The second-order valence-corrected chi connectivity index (χ2v) is 5.58. The van der Waals surface area contributed by atoms with E-state index in [0.29, 0.717) is 28.6 Å². The normalized spacial score (nSPS) is 10.3. The fourth-order valence-corrected chi connectivity index (χ4v) is 2.58. The number of urea groups is 1. The van der Waals surface area contributed by atoms with Gasteiger partial charge < -0.3 is 20.1 Å². The molecule has 26 heavy (non-hydrogen) atoms. The Morgan fingerprint density at radius 3 is 2.62 bits per heavy atom. The summed E-state index contributed by atoms with van der Waals surface area (Å²) < 4.78 is 10.5. The monoisotopic (exact) mass is 352 g/mol. The first-order valence-corrected chi connectivity index (χ1v) is 8.02. The van der Waals surface area contributed by atoms with Crippen LogP contribution in [0.2, 0.25) is 0 Å². The molecule has 134 valence electrons. The van der Waals surface area contributed by atoms with Gasteiger partial charge >= 0.3 is 6.03 Å². The Balaban J connectivity index is 1.84. The van der Waals surface area contributed by atoms with E-state index in [1.807, 2.05) is 43.3 Å². The van der Waals surface area contributed by atoms with Crippen molar-refractivity contribution in [2.24, 2.45) is 0 Å². The second-order valence-electron chi connectivity index (χ2n) is 5.58. The van der Waals surface area contributed by atoms with E-state index >= 15 is 0 Å². The Labute approximate surface area is 151 Å². The number of aromatic nitrogens is 2. The average Bonchev–Trinajstić information content (AvgIpc) is 3.02. The number of carbonyl (C=O) groups excluding carboxylic acids is 1. The molecule has 1 heterocycles. The van der Waals surface area contributed by atoms with Crippen LogP contribution in [-0.4, -0.2) is 30.4 Å². The van der Waals surface area contributed by atoms with Gasteiger partial charge in [0.15, 0.2) is 0 Å². The van der Waals surface area contributed by atoms with Crippen LogP contribution in [0.4, 0.5) is 16.2 Å². The van der Waals surface area contributed by atoms with Crippen LogP contribution in [0.1, 0.15) is 5.69 Å². The number of ether oxygens (including phenoxy) is 2. The van der Waals surface area contributed by atoms with Crippen LogP contribution >= 0.6 is 0 Å². The van der Waals surface area contributed by atoms with Crippen molar-refractivity contribution in [3.8, 4) is 22.8 Å². The van der Waals surface area contributed by atoms with E-state index in [2.05, 4.69) is 20.8 Å². The molecule has 7 nitrogen and oxygen atoms in total. The Morgan fingerprint density at radius 2 is 1.85 bits per heavy atom. The third-order valence-corrected chi connectivity index (χ3v) is 3.88. The van der Waals surface area contributed by atoms with Gasteiger partial charge in [-0.25, -0.2) is 4.79 Å². The summed E-state index contributed by atoms with van der Waals surface area (Å²) in [6.07, 6.45) is 0. The molecule has 2 aromatic carbocycles. The molecule has 1 aromatic heterocycles. The van der Waals surface area contributed by atoms with Crippen molar-refractivity contribution < 1.29 is 14.3 Å². The summed E-state index contributed by atoms with van der Waals surface area (Å²) in [6.45, 7) is 1.84. The Morgan fingerprint density at radius 1 is 1.04 bits per heavy atom. The van der Waals surface area contributed by atoms with Gasteiger partial charge in [-0.15, -0.1) is 0 Å². The standard InChI is InChI=1S/C19H20N4O3/c1-12-17(18(23-22-12)13-7-6-8-14(11-13)25-2)21-19(24)20-15-9-4-5-10-16(15)26-3/h4-11H,1-3H3,(H,22,23)(H2,20,21,24). The zero-order valence-corrected chi connectivity index (χ0v) is 14.8. The molecular formula is C19H20N4O3. The van der Waals surface area contributed by atoms with Gasteiger partial charge in [-0.05, 0) is 31.2 Å². The van der Waals surface area contributed by atoms with E-state index in [-0.39, 0.29) is 6.03 Å². The van der Waals surface area contributed by atoms with Gasteiger partial charge in [0.25, 0.3) is 0 Å². The molecule has 7 heteroatoms. The summed E-state index contributed by atoms with van der Waals surface area (Å²) in [5.41, 5.74) is 3.40. The number of nitrogens with one attached hydrogen (secondary N) is 3. The number of hydrogen-bond acceptors (Lipinski definition) is 4. The molecule has 0 radical (unpaired) electrons. The number of rotatable bonds is 5. The molecule has 0 saturated carbocycles. The number of benzene rings is 2. The summed E-state index contributed by atoms with van der Waals surface area (Å²) in [4.78, 5) is 12.5. The predicted octanol–water partition coefficient (Wildman–Crippen LogP) is 4.05. The zero-order valence-electron chi connectivity index (χ0n) is 14.8. The molecule has 0 atom stereocenters. The highest BCUT2D eigenvalue weighted by molar-refractivity contribution is 6.03. The lowest BCUT2D eigenvalue weighted by Gasteiger charge is -2.12. The average molecular weight is 352 g/mol. The summed E-state index contributed by atoms with van der Waals surface area (Å²) in [6, 6.07) is 14.3. The zero-order chi connectivity index (χ0) is 18.5. The molecule has 0 unspecified atom stereocenters. The van der Waals surface area contributed by atoms with E-state index in [0.717, 1.165) is 11.3 Å². The van der Waals surface area contributed by atoms with Crippen molar-refractivity contribution in [1.82, 2.24) is 10.2 Å². The Hall–Kier alpha value is -3.48. The van der Waals surface area contributed by atoms with Crippen LogP contribution < -0.4 is 20.1 Å². The van der Waals surface area contributed by atoms with Gasteiger partial charge in [0.05, 0.1) is 31.3 Å². The first kappa shape index (κ1) is 17.3. The van der Waals surface area contributed by atoms with Crippen molar-refractivity contribution in [2.45, 2.75) is 6.92 Å². The smallest absolute Gasteiger partial charge is 0.323 e. The predicted molar refractivity (Wildman–Crippen MR) is 101 cm³/mol. The molecule has 0 aliphatic heterocycles. The van der Waals surface area contributed by atoms with Crippen molar-refractivity contribution in [3.63, 3.8) is 0 Å². The second kappa shape index (κ2) is 7.60. The fourth-order valence-electron chi connectivity index (χ4n) is 2.58. The number of aryl methyl sites for hydroxylation is 1. The minimum atomic E-state index is -0.386. The molecule has 0 spiro atoms. The number of amides is 2. The van der Waals surface area contributed by atoms with Gasteiger partial charge in [-0.2, -0.15) is 5.10 Å². The molecule has 3 aromatic rings. The van der Waals surface area contributed by atoms with Crippen LogP contribution in [0.3, 0.4) is 0 Å². The first-order valence-electron chi connectivity index (χ1n) is 8.02. The number of anilines is 2. The highest BCUT2D eigenvalue weighted by Crippen LogP contribution is 2.31. The van der Waals surface area contributed by atoms with E-state index < -0.39 is 0 Å². The quantitative estimate of drug-likeness (QED) is 0.646. The topological polar surface area (TPSA) is 88.3 Å². The summed E-state index contributed by atoms with van der Waals surface area (Å²) in [5.74, 6) is 1.30. The number of para-hydroxylation sites is 2. The fraction of sp³-hybridized carbons (Fsp3) is 0.158. The van der Waals surface area contributed by atoms with Crippen LogP contribution in [0.15, 0.2) is 48.5 Å². The highest BCUT2D eigenvalue weighted by Gasteiger charge is 2.16. The lowest BCUT2D eigenvalue weighted by atomic mass is 10.1. The van der Waals surface area contributed by atoms with E-state index in [9.17, 15) is 4.79 Å². The SMILES string of the molecule is COc1cccc(-c2n[nH]c(C)c2NC(=O)Nc2ccccc2OC)c1. The molecule has 2 amide bonds. The van der Waals surface area contributed by atoms with Crippen LogP contribution in [-0.2, 0) is 0 Å². The number of carbonyl (C=O) groups is 1. The minimum Gasteiger partial charge on any atom is -0.497 e. The van der Waals surface area contributed by atoms with Crippen LogP contribution in [0, 0.1) is 6.92 Å². The maximum atomic E-state index is 12.5. The molecule has 0 fully saturated rings. The van der Waals surface area contributed by atoms with Gasteiger partial charge in [0.2, 0.25) is 0 Å². The lowest BCUT2D eigenvalue weighted by molar-refractivity contribution is 0.262. The van der Waals surface area contributed by atoms with E-state index in [4.69, 9.17) is 9.47 Å². The van der Waals surface area contributed by atoms with Gasteiger partial charge in [0, 0.05) is 5.56 Å². The van der Waals surface area contributed by atoms with E-state index in [1.165, 1.54) is 0 Å². The summed E-state index contributed by atoms with van der Waals surface area (Å²) >= 11 is 0. The van der Waals surface area contributed by atoms with Gasteiger partial charge in [-0.3, -0.25) is 5.10 Å². The number of nitrogens with zero attached hydrogens (tertiary/aromatic N) is 1. The number of methoxy groups -OCH3 is 2. The Bertz CT molecular complexity index is 921. The number of H-pyrrole nitrogens is 1. The van der Waals surface area contributed by atoms with Crippen molar-refractivity contribution >= 4 is 17.4 Å². The van der Waals surface area contributed by atoms with Crippen LogP contribution in [0.25, 0.3) is 11.3 Å². The van der Waals surface area contributed by atoms with Crippen molar-refractivity contribution in [1.29, 1.82) is 0 Å². The van der Waals surface area contributed by atoms with Gasteiger partial charge in [-0.1, -0.05) is 24.3 Å². The maximum absolute atomic E-state index is 12.5.